The number of ether oxygens (including phenoxy) is 1. The zero-order valence-corrected chi connectivity index (χ0v) is 29.3. The molecule has 220 valence electrons. The molecule has 0 N–H and O–H groups in total. The van der Waals surface area contributed by atoms with Gasteiger partial charge in [0, 0.05) is 12.8 Å². The van der Waals surface area contributed by atoms with Gasteiger partial charge in [-0.05, 0) is 38.5 Å². The van der Waals surface area contributed by atoms with E-state index in [9.17, 15) is 9.59 Å². The van der Waals surface area contributed by atoms with E-state index in [0.717, 1.165) is 32.1 Å². The van der Waals surface area contributed by atoms with Crippen molar-refractivity contribution in [2.75, 3.05) is 0 Å². The van der Waals surface area contributed by atoms with Crippen LogP contribution in [0.1, 0.15) is 195 Å². The first-order valence-electron chi connectivity index (χ1n) is 16.6. The van der Waals surface area contributed by atoms with Gasteiger partial charge in [-0.1, -0.05) is 154 Å². The van der Waals surface area contributed by atoms with Gasteiger partial charge in [-0.2, -0.15) is 0 Å². The van der Waals surface area contributed by atoms with E-state index in [2.05, 4.69) is 26.0 Å². The van der Waals surface area contributed by atoms with Crippen molar-refractivity contribution in [3.8, 4) is 0 Å². The van der Waals surface area contributed by atoms with Crippen molar-refractivity contribution < 1.29 is 67.1 Å². The summed E-state index contributed by atoms with van der Waals surface area (Å²) in [6.07, 6.45) is 38.2. The molecule has 38 heavy (non-hydrogen) atoms. The predicted octanol–water partition coefficient (Wildman–Crippen LogP) is 8.69. The second-order valence-corrected chi connectivity index (χ2v) is 11.2. The first-order chi connectivity index (χ1) is 18.2. The summed E-state index contributed by atoms with van der Waals surface area (Å²) in [5, 5.41) is 0. The third-order valence-corrected chi connectivity index (χ3v) is 7.35. The van der Waals surface area contributed by atoms with E-state index in [4.69, 9.17) is 4.74 Å². The van der Waals surface area contributed by atoms with E-state index in [1.54, 1.807) is 0 Å². The Balaban J connectivity index is -0.00000648. The summed E-state index contributed by atoms with van der Waals surface area (Å²) in [5.74, 6) is -0.668. The summed E-state index contributed by atoms with van der Waals surface area (Å²) < 4.78 is 4.99. The van der Waals surface area contributed by atoms with Crippen molar-refractivity contribution >= 4 is 11.9 Å². The van der Waals surface area contributed by atoms with Crippen LogP contribution >= 0.6 is 0 Å². The summed E-state index contributed by atoms with van der Waals surface area (Å²) in [4.78, 5) is 23.7. The molecule has 0 rings (SSSR count). The first-order valence-corrected chi connectivity index (χ1v) is 16.6. The zero-order valence-electron chi connectivity index (χ0n) is 27.2. The molecule has 0 heterocycles. The maximum atomic E-state index is 11.9. The molecule has 0 unspecified atom stereocenters. The first kappa shape index (κ1) is 40.7. The Bertz CT molecular complexity index is 525. The maximum absolute atomic E-state index is 11.9. The summed E-state index contributed by atoms with van der Waals surface area (Å²) >= 11 is 0. The van der Waals surface area contributed by atoms with Crippen LogP contribution in [0.25, 0.3) is 0 Å². The Morgan fingerprint density at radius 1 is 0.447 bits per heavy atom. The molecule has 0 amide bonds. The SMILES string of the molecule is CCCCCCCC/C=C\CCCCCCCC(=O)OC(=O)CCCCCCCCCCCCCCC.[H-].[K+]. The third-order valence-electron chi connectivity index (χ3n) is 7.35. The predicted molar refractivity (Wildman–Crippen MR) is 162 cm³/mol. The van der Waals surface area contributed by atoms with Gasteiger partial charge in [0.2, 0.25) is 0 Å². The number of hydrogen-bond donors (Lipinski definition) is 0. The van der Waals surface area contributed by atoms with Gasteiger partial charge in [-0.3, -0.25) is 9.59 Å². The van der Waals surface area contributed by atoms with Crippen molar-refractivity contribution in [3.63, 3.8) is 0 Å². The summed E-state index contributed by atoms with van der Waals surface area (Å²) in [7, 11) is 0. The van der Waals surface area contributed by atoms with E-state index in [-0.39, 0.29) is 64.7 Å². The number of carbonyl (C=O) groups excluding carboxylic acids is 2. The molecule has 0 aliphatic carbocycles. The molecule has 0 saturated heterocycles. The summed E-state index contributed by atoms with van der Waals surface area (Å²) in [6, 6.07) is 0. The van der Waals surface area contributed by atoms with Crippen molar-refractivity contribution in [1.29, 1.82) is 0 Å². The molecule has 0 aliphatic heterocycles. The Morgan fingerprint density at radius 2 is 0.711 bits per heavy atom. The van der Waals surface area contributed by atoms with Crippen molar-refractivity contribution in [2.24, 2.45) is 0 Å². The van der Waals surface area contributed by atoms with Gasteiger partial charge >= 0.3 is 63.3 Å². The fourth-order valence-electron chi connectivity index (χ4n) is 4.86. The van der Waals surface area contributed by atoms with Gasteiger partial charge in [0.25, 0.3) is 0 Å². The van der Waals surface area contributed by atoms with Crippen LogP contribution in [0.5, 0.6) is 0 Å². The second-order valence-electron chi connectivity index (χ2n) is 11.2. The number of hydrogen-bond acceptors (Lipinski definition) is 3. The zero-order chi connectivity index (χ0) is 27.1. The summed E-state index contributed by atoms with van der Waals surface area (Å²) in [6.45, 7) is 4.53. The van der Waals surface area contributed by atoms with E-state index in [1.165, 1.54) is 135 Å². The molecule has 4 heteroatoms. The van der Waals surface area contributed by atoms with Crippen molar-refractivity contribution in [1.82, 2.24) is 0 Å². The maximum Gasteiger partial charge on any atom is 1.00 e. The smallest absolute Gasteiger partial charge is 1.00 e. The van der Waals surface area contributed by atoms with Crippen LogP contribution in [0, 0.1) is 0 Å². The molecule has 0 fully saturated rings. The van der Waals surface area contributed by atoms with Gasteiger partial charge in [0.15, 0.2) is 0 Å². The number of carbonyl (C=O) groups is 2. The van der Waals surface area contributed by atoms with Crippen LogP contribution in [-0.2, 0) is 14.3 Å². The van der Waals surface area contributed by atoms with E-state index in [0.29, 0.717) is 12.8 Å². The van der Waals surface area contributed by atoms with Crippen molar-refractivity contribution in [3.05, 3.63) is 12.2 Å². The normalized spacial score (nSPS) is 11.1. The number of allylic oxidation sites excluding steroid dienone is 2. The molecule has 0 spiro atoms. The Morgan fingerprint density at radius 3 is 1.03 bits per heavy atom. The topological polar surface area (TPSA) is 43.4 Å². The molecule has 3 nitrogen and oxygen atoms in total. The molecule has 0 aromatic rings. The van der Waals surface area contributed by atoms with Gasteiger partial charge in [0.05, 0.1) is 0 Å². The molecule has 0 atom stereocenters. The van der Waals surface area contributed by atoms with E-state index >= 15 is 0 Å². The van der Waals surface area contributed by atoms with Gasteiger partial charge in [0.1, 0.15) is 0 Å². The third kappa shape index (κ3) is 34.5. The minimum absolute atomic E-state index is 0. The Kier molecular flexibility index (Phi) is 38.0. The fraction of sp³-hybridized carbons (Fsp3) is 0.882. The van der Waals surface area contributed by atoms with Crippen LogP contribution in [0.4, 0.5) is 0 Å². The standard InChI is InChI=1S/C34H64O3.K.H/c1-3-5-7-9-11-13-15-17-18-20-22-24-26-28-30-32-34(36)37-33(35)31-29-27-25-23-21-19-16-14-12-10-8-6-4-2;;/h17-18H,3-16,19-32H2,1-2H3;;/q;+1;-1/b18-17-;;. The van der Waals surface area contributed by atoms with Gasteiger partial charge in [-0.25, -0.2) is 0 Å². The number of esters is 2. The van der Waals surface area contributed by atoms with Crippen LogP contribution in [0.3, 0.4) is 0 Å². The number of unbranched alkanes of at least 4 members (excludes halogenated alkanes) is 23. The summed E-state index contributed by atoms with van der Waals surface area (Å²) in [5.41, 5.74) is 0. The number of rotatable bonds is 29. The molecular formula is C34H65KO3. The monoisotopic (exact) mass is 560 g/mol. The Labute approximate surface area is 282 Å². The average molecular weight is 561 g/mol. The minimum atomic E-state index is -0.336. The largest absolute Gasteiger partial charge is 1.00 e. The molecule has 0 aliphatic rings. The second kappa shape index (κ2) is 35.5. The van der Waals surface area contributed by atoms with Gasteiger partial charge < -0.3 is 6.16 Å². The van der Waals surface area contributed by atoms with Crippen LogP contribution in [0.2, 0.25) is 0 Å². The van der Waals surface area contributed by atoms with Gasteiger partial charge in [-0.15, -0.1) is 0 Å². The molecule has 0 bridgehead atoms. The molecule has 0 radical (unpaired) electrons. The van der Waals surface area contributed by atoms with Crippen molar-refractivity contribution in [2.45, 2.75) is 194 Å². The molecule has 0 saturated carbocycles. The fourth-order valence-corrected chi connectivity index (χ4v) is 4.86. The van der Waals surface area contributed by atoms with E-state index in [1.807, 2.05) is 0 Å². The molecule has 0 aromatic carbocycles. The quantitative estimate of drug-likeness (QED) is 0.0302. The molecule has 0 aromatic heterocycles. The Hall–Kier alpha value is 0.516. The van der Waals surface area contributed by atoms with Crippen LogP contribution < -0.4 is 51.4 Å². The van der Waals surface area contributed by atoms with Crippen LogP contribution in [0.15, 0.2) is 12.2 Å². The average Bonchev–Trinajstić information content (AvgIpc) is 2.89. The van der Waals surface area contributed by atoms with Crippen LogP contribution in [-0.4, -0.2) is 11.9 Å². The minimum Gasteiger partial charge on any atom is -1.00 e. The molecular weight excluding hydrogens is 495 g/mol. The van der Waals surface area contributed by atoms with E-state index < -0.39 is 0 Å².